The molecule has 3 rings (SSSR count). The Morgan fingerprint density at radius 3 is 2.76 bits per heavy atom. The number of amides is 1. The lowest BCUT2D eigenvalue weighted by molar-refractivity contribution is -0.129. The van der Waals surface area contributed by atoms with Crippen LogP contribution in [0.5, 0.6) is 0 Å². The number of nitrogens with one attached hydrogen (secondary N) is 1. The molecule has 0 saturated heterocycles. The summed E-state index contributed by atoms with van der Waals surface area (Å²) in [5, 5.41) is 0. The largest absolute Gasteiger partial charge is 0.345 e. The van der Waals surface area contributed by atoms with Crippen LogP contribution in [0.15, 0.2) is 54.9 Å². The summed E-state index contributed by atoms with van der Waals surface area (Å²) in [6.07, 6.45) is 2.07. The summed E-state index contributed by atoms with van der Waals surface area (Å²) < 4.78 is 0. The molecule has 0 radical (unpaired) electrons. The van der Waals surface area contributed by atoms with Crippen molar-refractivity contribution in [2.45, 2.75) is 13.0 Å². The molecular weight excluding hydrogens is 262 g/mol. The van der Waals surface area contributed by atoms with Gasteiger partial charge in [0.2, 0.25) is 5.91 Å². The lowest BCUT2D eigenvalue weighted by Crippen LogP contribution is -2.27. The summed E-state index contributed by atoms with van der Waals surface area (Å²) in [7, 11) is 1.84. The standard InChI is InChI=1S/C17H17N3O/c1-20(11-13-5-3-2-4-6-13)17(21)10-14-7-8-15-16(9-14)19-12-18-15/h2-9,12H,10-11H2,1H3,(H,18,19). The minimum Gasteiger partial charge on any atom is -0.345 e. The van der Waals surface area contributed by atoms with Gasteiger partial charge >= 0.3 is 0 Å². The zero-order valence-corrected chi connectivity index (χ0v) is 11.9. The number of fused-ring (bicyclic) bond motifs is 1. The number of carbonyl (C=O) groups excluding carboxylic acids is 1. The highest BCUT2D eigenvalue weighted by molar-refractivity contribution is 5.81. The van der Waals surface area contributed by atoms with Crippen molar-refractivity contribution < 1.29 is 4.79 Å². The van der Waals surface area contributed by atoms with Gasteiger partial charge in [-0.05, 0) is 23.3 Å². The van der Waals surface area contributed by atoms with Crippen molar-refractivity contribution in [3.63, 3.8) is 0 Å². The van der Waals surface area contributed by atoms with Crippen LogP contribution in [0, 0.1) is 0 Å². The molecule has 4 heteroatoms. The summed E-state index contributed by atoms with van der Waals surface area (Å²) in [6, 6.07) is 15.9. The third-order valence-electron chi connectivity index (χ3n) is 3.53. The minimum absolute atomic E-state index is 0.109. The molecule has 2 aromatic carbocycles. The first-order chi connectivity index (χ1) is 10.2. The fourth-order valence-corrected chi connectivity index (χ4v) is 2.35. The molecule has 0 spiro atoms. The fourth-order valence-electron chi connectivity index (χ4n) is 2.35. The summed E-state index contributed by atoms with van der Waals surface area (Å²) in [5.41, 5.74) is 4.02. The number of likely N-dealkylation sites (N-methyl/N-ethyl adjacent to an activating group) is 1. The van der Waals surface area contributed by atoms with E-state index in [-0.39, 0.29) is 5.91 Å². The molecule has 0 atom stereocenters. The van der Waals surface area contributed by atoms with Gasteiger partial charge in [-0.15, -0.1) is 0 Å². The van der Waals surface area contributed by atoms with Crippen LogP contribution in [0.3, 0.4) is 0 Å². The molecule has 1 aromatic heterocycles. The first-order valence-electron chi connectivity index (χ1n) is 6.92. The van der Waals surface area contributed by atoms with Crippen LogP contribution in [-0.2, 0) is 17.8 Å². The molecule has 0 unspecified atom stereocenters. The molecule has 0 bridgehead atoms. The van der Waals surface area contributed by atoms with Crippen LogP contribution >= 0.6 is 0 Å². The highest BCUT2D eigenvalue weighted by atomic mass is 16.2. The molecule has 3 aromatic rings. The monoisotopic (exact) mass is 279 g/mol. The third-order valence-corrected chi connectivity index (χ3v) is 3.53. The second kappa shape index (κ2) is 5.79. The Hall–Kier alpha value is -2.62. The van der Waals surface area contributed by atoms with Gasteiger partial charge < -0.3 is 9.88 Å². The van der Waals surface area contributed by atoms with Crippen LogP contribution < -0.4 is 0 Å². The van der Waals surface area contributed by atoms with E-state index in [1.807, 2.05) is 55.6 Å². The Bertz CT molecular complexity index is 749. The average Bonchev–Trinajstić information content (AvgIpc) is 2.95. The van der Waals surface area contributed by atoms with Crippen molar-refractivity contribution in [3.05, 3.63) is 66.0 Å². The zero-order chi connectivity index (χ0) is 14.7. The van der Waals surface area contributed by atoms with Gasteiger partial charge in [0.1, 0.15) is 0 Å². The number of aromatic nitrogens is 2. The Labute approximate surface area is 123 Å². The SMILES string of the molecule is CN(Cc1ccccc1)C(=O)Cc1ccc2nc[nH]c2c1. The second-order valence-electron chi connectivity index (χ2n) is 5.17. The molecule has 4 nitrogen and oxygen atoms in total. The molecular formula is C17H17N3O. The van der Waals surface area contributed by atoms with E-state index in [1.165, 1.54) is 0 Å². The van der Waals surface area contributed by atoms with Crippen LogP contribution in [0.1, 0.15) is 11.1 Å². The van der Waals surface area contributed by atoms with E-state index in [0.717, 1.165) is 22.2 Å². The van der Waals surface area contributed by atoms with E-state index in [2.05, 4.69) is 9.97 Å². The number of nitrogens with zero attached hydrogens (tertiary/aromatic N) is 2. The van der Waals surface area contributed by atoms with E-state index in [0.29, 0.717) is 13.0 Å². The minimum atomic E-state index is 0.109. The normalized spacial score (nSPS) is 10.7. The van der Waals surface area contributed by atoms with Crippen molar-refractivity contribution in [1.82, 2.24) is 14.9 Å². The molecule has 0 saturated carbocycles. The zero-order valence-electron chi connectivity index (χ0n) is 11.9. The molecule has 1 N–H and O–H groups in total. The Kier molecular flexibility index (Phi) is 3.69. The number of benzene rings is 2. The summed E-state index contributed by atoms with van der Waals surface area (Å²) in [5.74, 6) is 0.109. The van der Waals surface area contributed by atoms with Gasteiger partial charge in [0.15, 0.2) is 0 Å². The van der Waals surface area contributed by atoms with Crippen molar-refractivity contribution >= 4 is 16.9 Å². The van der Waals surface area contributed by atoms with E-state index in [1.54, 1.807) is 11.2 Å². The van der Waals surface area contributed by atoms with Crippen molar-refractivity contribution in [3.8, 4) is 0 Å². The highest BCUT2D eigenvalue weighted by Gasteiger charge is 2.10. The topological polar surface area (TPSA) is 49.0 Å². The van der Waals surface area contributed by atoms with Crippen molar-refractivity contribution in [2.75, 3.05) is 7.05 Å². The second-order valence-corrected chi connectivity index (χ2v) is 5.17. The van der Waals surface area contributed by atoms with Gasteiger partial charge in [-0.3, -0.25) is 4.79 Å². The van der Waals surface area contributed by atoms with Crippen molar-refractivity contribution in [2.24, 2.45) is 0 Å². The Morgan fingerprint density at radius 1 is 1.14 bits per heavy atom. The summed E-state index contributed by atoms with van der Waals surface area (Å²) in [4.78, 5) is 21.3. The fraction of sp³-hybridized carbons (Fsp3) is 0.176. The van der Waals surface area contributed by atoms with Crippen LogP contribution in [-0.4, -0.2) is 27.8 Å². The number of H-pyrrole nitrogens is 1. The quantitative estimate of drug-likeness (QED) is 0.798. The Balaban J connectivity index is 1.67. The summed E-state index contributed by atoms with van der Waals surface area (Å²) >= 11 is 0. The smallest absolute Gasteiger partial charge is 0.227 e. The van der Waals surface area contributed by atoms with Gasteiger partial charge in [0.25, 0.3) is 0 Å². The predicted octanol–water partition coefficient (Wildman–Crippen LogP) is 2.76. The maximum absolute atomic E-state index is 12.3. The van der Waals surface area contributed by atoms with E-state index in [9.17, 15) is 4.79 Å². The van der Waals surface area contributed by atoms with E-state index < -0.39 is 0 Å². The number of hydrogen-bond acceptors (Lipinski definition) is 2. The highest BCUT2D eigenvalue weighted by Crippen LogP contribution is 2.13. The number of imidazole rings is 1. The van der Waals surface area contributed by atoms with Gasteiger partial charge in [-0.25, -0.2) is 4.98 Å². The number of aromatic amines is 1. The molecule has 106 valence electrons. The molecule has 0 aliphatic rings. The van der Waals surface area contributed by atoms with Crippen LogP contribution in [0.2, 0.25) is 0 Å². The lowest BCUT2D eigenvalue weighted by Gasteiger charge is -2.17. The van der Waals surface area contributed by atoms with Gasteiger partial charge in [0.05, 0.1) is 23.8 Å². The van der Waals surface area contributed by atoms with Gasteiger partial charge in [0, 0.05) is 13.6 Å². The molecule has 0 fully saturated rings. The van der Waals surface area contributed by atoms with Crippen LogP contribution in [0.4, 0.5) is 0 Å². The lowest BCUT2D eigenvalue weighted by atomic mass is 10.1. The summed E-state index contributed by atoms with van der Waals surface area (Å²) in [6.45, 7) is 0.631. The first-order valence-corrected chi connectivity index (χ1v) is 6.92. The van der Waals surface area contributed by atoms with E-state index >= 15 is 0 Å². The molecule has 0 aliphatic carbocycles. The maximum atomic E-state index is 12.3. The van der Waals surface area contributed by atoms with Crippen molar-refractivity contribution in [1.29, 1.82) is 0 Å². The molecule has 21 heavy (non-hydrogen) atoms. The average molecular weight is 279 g/mol. The Morgan fingerprint density at radius 2 is 1.95 bits per heavy atom. The molecule has 0 aliphatic heterocycles. The third kappa shape index (κ3) is 3.11. The number of carbonyl (C=O) groups is 1. The molecule has 1 heterocycles. The van der Waals surface area contributed by atoms with Gasteiger partial charge in [-0.2, -0.15) is 0 Å². The predicted molar refractivity (Wildman–Crippen MR) is 82.7 cm³/mol. The number of hydrogen-bond donors (Lipinski definition) is 1. The maximum Gasteiger partial charge on any atom is 0.227 e. The van der Waals surface area contributed by atoms with Gasteiger partial charge in [-0.1, -0.05) is 36.4 Å². The van der Waals surface area contributed by atoms with E-state index in [4.69, 9.17) is 0 Å². The first kappa shape index (κ1) is 13.4. The molecule has 1 amide bonds. The van der Waals surface area contributed by atoms with Crippen LogP contribution in [0.25, 0.3) is 11.0 Å². The number of rotatable bonds is 4.